The highest BCUT2D eigenvalue weighted by Crippen LogP contribution is 2.14. The van der Waals surface area contributed by atoms with Gasteiger partial charge in [-0.2, -0.15) is 0 Å². The Kier molecular flexibility index (Phi) is 3.83. The lowest BCUT2D eigenvalue weighted by Crippen LogP contribution is -2.21. The van der Waals surface area contributed by atoms with Crippen molar-refractivity contribution in [2.24, 2.45) is 0 Å². The Morgan fingerprint density at radius 1 is 1.13 bits per heavy atom. The summed E-state index contributed by atoms with van der Waals surface area (Å²) in [6.07, 6.45) is 4.87. The normalized spacial score (nSPS) is 11.0. The number of hydrogen-bond donors (Lipinski definition) is 0. The molecule has 0 unspecified atom stereocenters. The topological polar surface area (TPSA) is 109 Å². The molecule has 23 heavy (non-hydrogen) atoms. The van der Waals surface area contributed by atoms with E-state index >= 15 is 0 Å². The fourth-order valence-corrected chi connectivity index (χ4v) is 2.49. The molecule has 0 aliphatic rings. The summed E-state index contributed by atoms with van der Waals surface area (Å²) in [7, 11) is 0. The highest BCUT2D eigenvalue weighted by Gasteiger charge is 2.17. The Morgan fingerprint density at radius 3 is 2.65 bits per heavy atom. The van der Waals surface area contributed by atoms with E-state index < -0.39 is 4.92 Å². The number of aromatic nitrogens is 5. The van der Waals surface area contributed by atoms with Crippen LogP contribution < -0.4 is 5.56 Å². The Labute approximate surface area is 130 Å². The molecule has 0 amide bonds. The van der Waals surface area contributed by atoms with Gasteiger partial charge in [0, 0.05) is 38.3 Å². The number of nitrogens with zero attached hydrogens (tertiary/aromatic N) is 6. The monoisotopic (exact) mass is 314 g/mol. The number of hydrogen-bond acceptors (Lipinski definition) is 6. The molecule has 0 atom stereocenters. The molecule has 0 N–H and O–H groups in total. The van der Waals surface area contributed by atoms with Crippen LogP contribution in [0.4, 0.5) is 5.82 Å². The van der Waals surface area contributed by atoms with Gasteiger partial charge >= 0.3 is 5.82 Å². The third-order valence-corrected chi connectivity index (χ3v) is 3.60. The van der Waals surface area contributed by atoms with Crippen molar-refractivity contribution in [3.63, 3.8) is 0 Å². The molecule has 0 aliphatic heterocycles. The minimum atomic E-state index is -0.463. The molecule has 0 aromatic carbocycles. The zero-order valence-electron chi connectivity index (χ0n) is 12.4. The largest absolute Gasteiger partial charge is 0.358 e. The fraction of sp³-hybridized carbons (Fsp3) is 0.286. The number of nitro groups is 1. The van der Waals surface area contributed by atoms with Crippen molar-refractivity contribution in [1.82, 2.24) is 24.1 Å². The predicted molar refractivity (Wildman–Crippen MR) is 82.0 cm³/mol. The van der Waals surface area contributed by atoms with E-state index in [1.807, 2.05) is 0 Å². The van der Waals surface area contributed by atoms with Crippen molar-refractivity contribution in [2.75, 3.05) is 0 Å². The zero-order valence-corrected chi connectivity index (χ0v) is 12.4. The molecule has 118 valence electrons. The van der Waals surface area contributed by atoms with Crippen molar-refractivity contribution < 1.29 is 4.92 Å². The van der Waals surface area contributed by atoms with E-state index in [0.717, 1.165) is 0 Å². The first kappa shape index (κ1) is 14.8. The summed E-state index contributed by atoms with van der Waals surface area (Å²) in [4.78, 5) is 34.9. The smallest absolute Gasteiger partial charge is 0.342 e. The molecule has 0 bridgehead atoms. The van der Waals surface area contributed by atoms with Crippen LogP contribution in [-0.4, -0.2) is 29.0 Å². The number of pyridine rings is 1. The number of rotatable bonds is 5. The van der Waals surface area contributed by atoms with Crippen LogP contribution in [0.25, 0.3) is 11.2 Å². The quantitative estimate of drug-likeness (QED) is 0.518. The van der Waals surface area contributed by atoms with Gasteiger partial charge in [-0.15, -0.1) is 0 Å². The first-order valence-electron chi connectivity index (χ1n) is 7.05. The molecule has 0 saturated carbocycles. The molecule has 0 aliphatic carbocycles. The van der Waals surface area contributed by atoms with Crippen molar-refractivity contribution in [3.8, 4) is 0 Å². The van der Waals surface area contributed by atoms with Crippen molar-refractivity contribution in [3.05, 3.63) is 57.0 Å². The van der Waals surface area contributed by atoms with E-state index in [-0.39, 0.29) is 11.4 Å². The maximum absolute atomic E-state index is 12.0. The lowest BCUT2D eigenvalue weighted by Gasteiger charge is -2.08. The maximum Gasteiger partial charge on any atom is 0.342 e. The average Bonchev–Trinajstić information content (AvgIpc) is 2.91. The summed E-state index contributed by atoms with van der Waals surface area (Å²) in [6.45, 7) is 2.50. The standard InChI is InChI=1S/C14H14N6O3/c1-10-17-9-12(20(22)23)18(10)7-2-8-19-13(21)4-3-11-14(19)16-6-5-15-11/h3-6,9H,2,7-8H2,1H3. The van der Waals surface area contributed by atoms with Crippen LogP contribution in [0, 0.1) is 17.0 Å². The Bertz CT molecular complexity index is 930. The summed E-state index contributed by atoms with van der Waals surface area (Å²) >= 11 is 0. The first-order valence-corrected chi connectivity index (χ1v) is 7.05. The molecule has 0 saturated heterocycles. The molecule has 9 nitrogen and oxygen atoms in total. The predicted octanol–water partition coefficient (Wildman–Crippen LogP) is 1.29. The van der Waals surface area contributed by atoms with E-state index in [1.165, 1.54) is 27.6 Å². The van der Waals surface area contributed by atoms with Crippen LogP contribution in [0.1, 0.15) is 12.2 Å². The van der Waals surface area contributed by atoms with Crippen LogP contribution in [0.5, 0.6) is 0 Å². The Hall–Kier alpha value is -3.10. The summed E-state index contributed by atoms with van der Waals surface area (Å²) in [5.41, 5.74) is 0.976. The molecule has 9 heteroatoms. The van der Waals surface area contributed by atoms with Gasteiger partial charge in [0.15, 0.2) is 11.5 Å². The highest BCUT2D eigenvalue weighted by molar-refractivity contribution is 5.69. The second-order valence-corrected chi connectivity index (χ2v) is 5.01. The minimum absolute atomic E-state index is 0.0486. The van der Waals surface area contributed by atoms with Gasteiger partial charge in [0.05, 0.1) is 6.54 Å². The van der Waals surface area contributed by atoms with Gasteiger partial charge in [0.1, 0.15) is 11.7 Å². The zero-order chi connectivity index (χ0) is 16.4. The lowest BCUT2D eigenvalue weighted by molar-refractivity contribution is -0.392. The van der Waals surface area contributed by atoms with E-state index in [0.29, 0.717) is 36.5 Å². The molecule has 3 aromatic rings. The molecular formula is C14H14N6O3. The van der Waals surface area contributed by atoms with Gasteiger partial charge in [-0.05, 0) is 11.0 Å². The van der Waals surface area contributed by atoms with Crippen LogP contribution >= 0.6 is 0 Å². The second-order valence-electron chi connectivity index (χ2n) is 5.01. The van der Waals surface area contributed by atoms with Gasteiger partial charge in [0.2, 0.25) is 0 Å². The van der Waals surface area contributed by atoms with Crippen molar-refractivity contribution in [1.29, 1.82) is 0 Å². The van der Waals surface area contributed by atoms with Gasteiger partial charge < -0.3 is 10.1 Å². The molecule has 3 rings (SSSR count). The minimum Gasteiger partial charge on any atom is -0.358 e. The Morgan fingerprint density at radius 2 is 1.87 bits per heavy atom. The molecular weight excluding hydrogens is 300 g/mol. The molecule has 0 fully saturated rings. The Balaban J connectivity index is 1.83. The highest BCUT2D eigenvalue weighted by atomic mass is 16.6. The van der Waals surface area contributed by atoms with Gasteiger partial charge in [0.25, 0.3) is 5.56 Å². The van der Waals surface area contributed by atoms with Crippen LogP contribution in [0.2, 0.25) is 0 Å². The lowest BCUT2D eigenvalue weighted by atomic mass is 10.3. The van der Waals surface area contributed by atoms with Crippen molar-refractivity contribution in [2.45, 2.75) is 26.4 Å². The maximum atomic E-state index is 12.0. The second kappa shape index (κ2) is 5.95. The van der Waals surface area contributed by atoms with E-state index in [4.69, 9.17) is 0 Å². The van der Waals surface area contributed by atoms with Gasteiger partial charge in [-0.3, -0.25) is 14.3 Å². The first-order chi connectivity index (χ1) is 11.1. The van der Waals surface area contributed by atoms with Crippen LogP contribution in [0.15, 0.2) is 35.5 Å². The van der Waals surface area contributed by atoms with Gasteiger partial charge in [-0.25, -0.2) is 14.5 Å². The summed E-state index contributed by atoms with van der Waals surface area (Å²) < 4.78 is 3.06. The number of aryl methyl sites for hydroxylation is 2. The average molecular weight is 314 g/mol. The van der Waals surface area contributed by atoms with Crippen LogP contribution in [0.3, 0.4) is 0 Å². The third-order valence-electron chi connectivity index (χ3n) is 3.60. The number of fused-ring (bicyclic) bond motifs is 1. The van der Waals surface area contributed by atoms with E-state index in [1.54, 1.807) is 19.2 Å². The molecule has 3 heterocycles. The number of imidazole rings is 1. The summed E-state index contributed by atoms with van der Waals surface area (Å²) in [5.74, 6) is 0.523. The molecule has 0 spiro atoms. The van der Waals surface area contributed by atoms with E-state index in [9.17, 15) is 14.9 Å². The third kappa shape index (κ3) is 2.80. The van der Waals surface area contributed by atoms with Gasteiger partial charge in [-0.1, -0.05) is 0 Å². The summed E-state index contributed by atoms with van der Waals surface area (Å²) in [5, 5.41) is 11.0. The molecule has 3 aromatic heterocycles. The fourth-order valence-electron chi connectivity index (χ4n) is 2.49. The van der Waals surface area contributed by atoms with E-state index in [2.05, 4.69) is 15.0 Å². The van der Waals surface area contributed by atoms with Crippen molar-refractivity contribution >= 4 is 17.0 Å². The van der Waals surface area contributed by atoms with Crippen LogP contribution in [-0.2, 0) is 13.1 Å². The summed E-state index contributed by atoms with van der Waals surface area (Å²) in [6, 6.07) is 3.08. The SMILES string of the molecule is Cc1ncc([N+](=O)[O-])n1CCCn1c(=O)ccc2nccnc21. The molecule has 0 radical (unpaired) electrons.